The summed E-state index contributed by atoms with van der Waals surface area (Å²) in [7, 11) is 0. The summed E-state index contributed by atoms with van der Waals surface area (Å²) in [5.41, 5.74) is 2.44. The van der Waals surface area contributed by atoms with Crippen LogP contribution < -0.4 is 10.6 Å². The molecule has 1 heterocycles. The number of ether oxygens (including phenoxy) is 1. The SMILES string of the molecule is CCNC(=O)CN=C(NCC)N1CCOC(c2ccccc2C)C1.I. The standard InChI is InChI=1S/C18H28N4O2.HI/c1-4-19-17(23)12-21-18(20-5-2)22-10-11-24-16(13-22)15-9-7-6-8-14(15)3;/h6-9,16H,4-5,10-13H2,1-3H3,(H,19,23)(H,20,21);1H. The molecule has 25 heavy (non-hydrogen) atoms. The van der Waals surface area contributed by atoms with Gasteiger partial charge < -0.3 is 20.3 Å². The molecule has 0 bridgehead atoms. The minimum Gasteiger partial charge on any atom is -0.370 e. The number of carbonyl (C=O) groups is 1. The highest BCUT2D eigenvalue weighted by molar-refractivity contribution is 14.0. The smallest absolute Gasteiger partial charge is 0.241 e. The zero-order chi connectivity index (χ0) is 17.4. The van der Waals surface area contributed by atoms with Crippen molar-refractivity contribution in [2.24, 2.45) is 4.99 Å². The molecule has 0 saturated carbocycles. The van der Waals surface area contributed by atoms with E-state index in [-0.39, 0.29) is 42.5 Å². The number of likely N-dealkylation sites (N-methyl/N-ethyl adjacent to an activating group) is 1. The van der Waals surface area contributed by atoms with Gasteiger partial charge in [-0.25, -0.2) is 4.99 Å². The van der Waals surface area contributed by atoms with Crippen LogP contribution in [0, 0.1) is 6.92 Å². The number of hydrogen-bond acceptors (Lipinski definition) is 3. The Kier molecular flexibility index (Phi) is 9.81. The van der Waals surface area contributed by atoms with Crippen LogP contribution in [0.25, 0.3) is 0 Å². The molecule has 0 spiro atoms. The van der Waals surface area contributed by atoms with Crippen LogP contribution in [0.2, 0.25) is 0 Å². The van der Waals surface area contributed by atoms with Crippen molar-refractivity contribution in [1.82, 2.24) is 15.5 Å². The maximum atomic E-state index is 11.7. The van der Waals surface area contributed by atoms with E-state index in [0.717, 1.165) is 25.6 Å². The average Bonchev–Trinajstić information content (AvgIpc) is 2.59. The molecule has 1 unspecified atom stereocenters. The van der Waals surface area contributed by atoms with Gasteiger partial charge in [0.2, 0.25) is 5.91 Å². The first-order chi connectivity index (χ1) is 11.7. The van der Waals surface area contributed by atoms with Crippen LogP contribution in [0.15, 0.2) is 29.3 Å². The van der Waals surface area contributed by atoms with Gasteiger partial charge in [0.1, 0.15) is 12.6 Å². The van der Waals surface area contributed by atoms with Crippen LogP contribution in [0.1, 0.15) is 31.1 Å². The Labute approximate surface area is 167 Å². The predicted octanol–water partition coefficient (Wildman–Crippen LogP) is 2.09. The van der Waals surface area contributed by atoms with Crippen LogP contribution >= 0.6 is 24.0 Å². The first-order valence-electron chi connectivity index (χ1n) is 8.62. The summed E-state index contributed by atoms with van der Waals surface area (Å²) in [5, 5.41) is 6.05. The van der Waals surface area contributed by atoms with Crippen molar-refractivity contribution in [3.63, 3.8) is 0 Å². The predicted molar refractivity (Wildman–Crippen MR) is 112 cm³/mol. The summed E-state index contributed by atoms with van der Waals surface area (Å²) >= 11 is 0. The lowest BCUT2D eigenvalue weighted by atomic mass is 10.0. The van der Waals surface area contributed by atoms with Crippen LogP contribution in [-0.2, 0) is 9.53 Å². The molecule has 1 aliphatic heterocycles. The van der Waals surface area contributed by atoms with Gasteiger partial charge in [-0.3, -0.25) is 4.79 Å². The molecule has 0 radical (unpaired) electrons. The van der Waals surface area contributed by atoms with Gasteiger partial charge in [-0.15, -0.1) is 24.0 Å². The van der Waals surface area contributed by atoms with Crippen molar-refractivity contribution in [2.75, 3.05) is 39.3 Å². The molecule has 1 aliphatic rings. The molecule has 1 aromatic rings. The molecule has 7 heteroatoms. The molecule has 2 N–H and O–H groups in total. The van der Waals surface area contributed by atoms with Crippen LogP contribution in [0.4, 0.5) is 0 Å². The summed E-state index contributed by atoms with van der Waals surface area (Å²) in [4.78, 5) is 18.3. The zero-order valence-corrected chi connectivity index (χ0v) is 17.6. The molecule has 1 fully saturated rings. The van der Waals surface area contributed by atoms with E-state index in [1.807, 2.05) is 26.0 Å². The lowest BCUT2D eigenvalue weighted by Crippen LogP contribution is -2.48. The topological polar surface area (TPSA) is 66.0 Å². The fraction of sp³-hybridized carbons (Fsp3) is 0.556. The Morgan fingerprint density at radius 1 is 1.28 bits per heavy atom. The Morgan fingerprint density at radius 2 is 2.00 bits per heavy atom. The fourth-order valence-corrected chi connectivity index (χ4v) is 2.80. The van der Waals surface area contributed by atoms with E-state index >= 15 is 0 Å². The second-order valence-electron chi connectivity index (χ2n) is 5.79. The van der Waals surface area contributed by atoms with Crippen molar-refractivity contribution in [1.29, 1.82) is 0 Å². The van der Waals surface area contributed by atoms with E-state index in [1.165, 1.54) is 11.1 Å². The van der Waals surface area contributed by atoms with Gasteiger partial charge in [0, 0.05) is 19.6 Å². The molecular weight excluding hydrogens is 431 g/mol. The largest absolute Gasteiger partial charge is 0.370 e. The molecular formula is C18H29IN4O2. The molecule has 1 aromatic carbocycles. The number of nitrogens with one attached hydrogen (secondary N) is 2. The van der Waals surface area contributed by atoms with E-state index in [0.29, 0.717) is 13.2 Å². The number of hydrogen-bond donors (Lipinski definition) is 2. The van der Waals surface area contributed by atoms with Gasteiger partial charge in [-0.2, -0.15) is 0 Å². The Hall–Kier alpha value is -1.35. The normalized spacial score (nSPS) is 17.6. The Morgan fingerprint density at radius 3 is 2.68 bits per heavy atom. The highest BCUT2D eigenvalue weighted by Crippen LogP contribution is 2.24. The van der Waals surface area contributed by atoms with Crippen molar-refractivity contribution in [3.05, 3.63) is 35.4 Å². The van der Waals surface area contributed by atoms with Crippen molar-refractivity contribution < 1.29 is 9.53 Å². The lowest BCUT2D eigenvalue weighted by Gasteiger charge is -2.35. The molecule has 0 aliphatic carbocycles. The fourth-order valence-electron chi connectivity index (χ4n) is 2.80. The molecule has 1 atom stereocenters. The maximum absolute atomic E-state index is 11.7. The highest BCUT2D eigenvalue weighted by Gasteiger charge is 2.25. The number of halogens is 1. The highest BCUT2D eigenvalue weighted by atomic mass is 127. The van der Waals surface area contributed by atoms with Gasteiger partial charge in [0.15, 0.2) is 5.96 Å². The van der Waals surface area contributed by atoms with Crippen LogP contribution in [0.5, 0.6) is 0 Å². The number of nitrogens with zero attached hydrogens (tertiary/aromatic N) is 2. The minimum atomic E-state index is -0.0587. The average molecular weight is 460 g/mol. The van der Waals surface area contributed by atoms with Crippen LogP contribution in [-0.4, -0.2) is 56.1 Å². The van der Waals surface area contributed by atoms with Gasteiger partial charge >= 0.3 is 0 Å². The second kappa shape index (κ2) is 11.3. The van der Waals surface area contributed by atoms with E-state index in [1.54, 1.807) is 0 Å². The van der Waals surface area contributed by atoms with Crippen molar-refractivity contribution >= 4 is 35.8 Å². The molecule has 2 rings (SSSR count). The van der Waals surface area contributed by atoms with Crippen LogP contribution in [0.3, 0.4) is 0 Å². The molecule has 0 aromatic heterocycles. The lowest BCUT2D eigenvalue weighted by molar-refractivity contribution is -0.119. The number of amides is 1. The first-order valence-corrected chi connectivity index (χ1v) is 8.62. The number of rotatable bonds is 5. The summed E-state index contributed by atoms with van der Waals surface area (Å²) in [5.74, 6) is 0.710. The molecule has 1 saturated heterocycles. The van der Waals surface area contributed by atoms with E-state index in [2.05, 4.69) is 39.6 Å². The van der Waals surface area contributed by atoms with E-state index in [9.17, 15) is 4.79 Å². The first kappa shape index (κ1) is 21.7. The Balaban J connectivity index is 0.00000312. The minimum absolute atomic E-state index is 0. The van der Waals surface area contributed by atoms with Gasteiger partial charge in [-0.1, -0.05) is 24.3 Å². The maximum Gasteiger partial charge on any atom is 0.241 e. The second-order valence-corrected chi connectivity index (χ2v) is 5.79. The zero-order valence-electron chi connectivity index (χ0n) is 15.2. The summed E-state index contributed by atoms with van der Waals surface area (Å²) in [6, 6.07) is 8.30. The monoisotopic (exact) mass is 460 g/mol. The quantitative estimate of drug-likeness (QED) is 0.401. The number of benzene rings is 1. The third kappa shape index (κ3) is 6.47. The van der Waals surface area contributed by atoms with Gasteiger partial charge in [-0.05, 0) is 31.9 Å². The number of guanidine groups is 1. The Bertz CT molecular complexity index is 580. The molecule has 140 valence electrons. The summed E-state index contributed by atoms with van der Waals surface area (Å²) < 4.78 is 5.96. The van der Waals surface area contributed by atoms with Crippen molar-refractivity contribution in [3.8, 4) is 0 Å². The third-order valence-electron chi connectivity index (χ3n) is 3.98. The van der Waals surface area contributed by atoms with Gasteiger partial charge in [0.05, 0.1) is 13.2 Å². The number of morpholine rings is 1. The van der Waals surface area contributed by atoms with Gasteiger partial charge in [0.25, 0.3) is 0 Å². The molecule has 1 amide bonds. The van der Waals surface area contributed by atoms with E-state index in [4.69, 9.17) is 4.74 Å². The third-order valence-corrected chi connectivity index (χ3v) is 3.98. The van der Waals surface area contributed by atoms with E-state index < -0.39 is 0 Å². The molecule has 6 nitrogen and oxygen atoms in total. The number of aryl methyl sites for hydroxylation is 1. The summed E-state index contributed by atoms with van der Waals surface area (Å²) in [6.07, 6.45) is 0.0216. The summed E-state index contributed by atoms with van der Waals surface area (Å²) in [6.45, 7) is 9.70. The number of aliphatic imine (C=N–C) groups is 1. The van der Waals surface area contributed by atoms with Crippen molar-refractivity contribution in [2.45, 2.75) is 26.9 Å². The number of carbonyl (C=O) groups excluding carboxylic acids is 1.